The average molecular weight is 251 g/mol. The SMILES string of the molecule is CCC(C1CCCCC1)[C@H](N)[C@@H](O)c1ccco1. The first-order chi connectivity index (χ1) is 8.74. The van der Waals surface area contributed by atoms with Crippen LogP contribution in [0.3, 0.4) is 0 Å². The number of rotatable bonds is 5. The van der Waals surface area contributed by atoms with Gasteiger partial charge in [-0.05, 0) is 24.0 Å². The summed E-state index contributed by atoms with van der Waals surface area (Å²) in [6.45, 7) is 2.17. The highest BCUT2D eigenvalue weighted by molar-refractivity contribution is 5.05. The monoisotopic (exact) mass is 251 g/mol. The Hall–Kier alpha value is -0.800. The second kappa shape index (κ2) is 6.39. The summed E-state index contributed by atoms with van der Waals surface area (Å²) < 4.78 is 5.27. The highest BCUT2D eigenvalue weighted by Gasteiger charge is 2.32. The second-order valence-electron chi connectivity index (χ2n) is 5.51. The summed E-state index contributed by atoms with van der Waals surface area (Å²) in [5, 5.41) is 10.3. The maximum absolute atomic E-state index is 10.3. The third kappa shape index (κ3) is 2.96. The molecule has 0 amide bonds. The van der Waals surface area contributed by atoms with E-state index in [0.29, 0.717) is 17.6 Å². The van der Waals surface area contributed by atoms with Crippen molar-refractivity contribution in [3.8, 4) is 0 Å². The van der Waals surface area contributed by atoms with Crippen molar-refractivity contribution in [3.05, 3.63) is 24.2 Å². The van der Waals surface area contributed by atoms with Crippen LogP contribution in [0.1, 0.15) is 57.3 Å². The molecular formula is C15H25NO2. The van der Waals surface area contributed by atoms with Gasteiger partial charge in [0.25, 0.3) is 0 Å². The Morgan fingerprint density at radius 3 is 2.67 bits per heavy atom. The summed E-state index contributed by atoms with van der Waals surface area (Å²) in [5.41, 5.74) is 6.28. The van der Waals surface area contributed by atoms with E-state index < -0.39 is 6.10 Å². The van der Waals surface area contributed by atoms with Gasteiger partial charge >= 0.3 is 0 Å². The van der Waals surface area contributed by atoms with Crippen molar-refractivity contribution in [1.29, 1.82) is 0 Å². The van der Waals surface area contributed by atoms with E-state index in [1.807, 2.05) is 0 Å². The van der Waals surface area contributed by atoms with Crippen LogP contribution in [0.25, 0.3) is 0 Å². The molecule has 1 saturated carbocycles. The Bertz CT molecular complexity index is 330. The molecule has 18 heavy (non-hydrogen) atoms. The first kappa shape index (κ1) is 13.6. The van der Waals surface area contributed by atoms with Crippen LogP contribution in [0.2, 0.25) is 0 Å². The predicted octanol–water partition coefficient (Wildman–Crippen LogP) is 3.25. The van der Waals surface area contributed by atoms with Crippen molar-refractivity contribution >= 4 is 0 Å². The first-order valence-electron chi connectivity index (χ1n) is 7.21. The summed E-state index contributed by atoms with van der Waals surface area (Å²) in [6, 6.07) is 3.38. The lowest BCUT2D eigenvalue weighted by molar-refractivity contribution is 0.0681. The van der Waals surface area contributed by atoms with Gasteiger partial charge in [-0.1, -0.05) is 45.4 Å². The van der Waals surface area contributed by atoms with Crippen molar-refractivity contribution in [2.45, 2.75) is 57.6 Å². The summed E-state index contributed by atoms with van der Waals surface area (Å²) in [7, 11) is 0. The minimum atomic E-state index is -0.674. The summed E-state index contributed by atoms with van der Waals surface area (Å²) in [6.07, 6.45) is 8.44. The second-order valence-corrected chi connectivity index (χ2v) is 5.51. The minimum Gasteiger partial charge on any atom is -0.467 e. The third-order valence-electron chi connectivity index (χ3n) is 4.42. The molecule has 3 atom stereocenters. The average Bonchev–Trinajstić information content (AvgIpc) is 2.94. The molecule has 1 aliphatic carbocycles. The van der Waals surface area contributed by atoms with Gasteiger partial charge in [-0.25, -0.2) is 0 Å². The van der Waals surface area contributed by atoms with Gasteiger partial charge in [-0.3, -0.25) is 0 Å². The van der Waals surface area contributed by atoms with Gasteiger partial charge in [0.05, 0.1) is 6.26 Å². The predicted molar refractivity (Wildman–Crippen MR) is 72.0 cm³/mol. The van der Waals surface area contributed by atoms with Crippen LogP contribution in [-0.4, -0.2) is 11.1 Å². The number of aliphatic hydroxyl groups is 1. The fourth-order valence-corrected chi connectivity index (χ4v) is 3.37. The number of furan rings is 1. The fraction of sp³-hybridized carbons (Fsp3) is 0.733. The van der Waals surface area contributed by atoms with Crippen molar-refractivity contribution in [2.75, 3.05) is 0 Å². The topological polar surface area (TPSA) is 59.4 Å². The van der Waals surface area contributed by atoms with E-state index in [4.69, 9.17) is 10.2 Å². The molecule has 0 radical (unpaired) electrons. The van der Waals surface area contributed by atoms with Gasteiger partial charge in [0, 0.05) is 6.04 Å². The molecule has 1 aromatic rings. The molecule has 1 aromatic heterocycles. The Morgan fingerprint density at radius 1 is 1.39 bits per heavy atom. The zero-order valence-corrected chi connectivity index (χ0v) is 11.2. The molecule has 0 spiro atoms. The van der Waals surface area contributed by atoms with Crippen LogP contribution < -0.4 is 5.73 Å². The van der Waals surface area contributed by atoms with Crippen LogP contribution in [0.15, 0.2) is 22.8 Å². The summed E-state index contributed by atoms with van der Waals surface area (Å²) in [4.78, 5) is 0. The minimum absolute atomic E-state index is 0.218. The van der Waals surface area contributed by atoms with Crippen LogP contribution in [0.5, 0.6) is 0 Å². The van der Waals surface area contributed by atoms with Gasteiger partial charge in [0.15, 0.2) is 0 Å². The zero-order chi connectivity index (χ0) is 13.0. The summed E-state index contributed by atoms with van der Waals surface area (Å²) in [5.74, 6) is 1.66. The molecule has 0 bridgehead atoms. The maximum Gasteiger partial charge on any atom is 0.133 e. The molecular weight excluding hydrogens is 226 g/mol. The molecule has 3 N–H and O–H groups in total. The Kier molecular flexibility index (Phi) is 4.84. The molecule has 1 unspecified atom stereocenters. The highest BCUT2D eigenvalue weighted by atomic mass is 16.4. The molecule has 0 aromatic carbocycles. The molecule has 2 rings (SSSR count). The van der Waals surface area contributed by atoms with E-state index in [0.717, 1.165) is 6.42 Å². The van der Waals surface area contributed by atoms with Crippen molar-refractivity contribution in [2.24, 2.45) is 17.6 Å². The number of aliphatic hydroxyl groups excluding tert-OH is 1. The summed E-state index contributed by atoms with van der Waals surface area (Å²) >= 11 is 0. The quantitative estimate of drug-likeness (QED) is 0.844. The molecule has 102 valence electrons. The van der Waals surface area contributed by atoms with E-state index in [1.54, 1.807) is 18.4 Å². The van der Waals surface area contributed by atoms with Crippen molar-refractivity contribution in [1.82, 2.24) is 0 Å². The van der Waals surface area contributed by atoms with E-state index in [2.05, 4.69) is 6.92 Å². The maximum atomic E-state index is 10.3. The Labute approximate surface area is 109 Å². The molecule has 0 aliphatic heterocycles. The lowest BCUT2D eigenvalue weighted by Gasteiger charge is -2.35. The van der Waals surface area contributed by atoms with E-state index in [-0.39, 0.29) is 6.04 Å². The van der Waals surface area contributed by atoms with Gasteiger partial charge in [-0.15, -0.1) is 0 Å². The zero-order valence-electron chi connectivity index (χ0n) is 11.2. The smallest absolute Gasteiger partial charge is 0.133 e. The molecule has 3 heteroatoms. The molecule has 0 saturated heterocycles. The number of nitrogens with two attached hydrogens (primary N) is 1. The first-order valence-corrected chi connectivity index (χ1v) is 7.21. The van der Waals surface area contributed by atoms with E-state index in [9.17, 15) is 5.11 Å². The largest absolute Gasteiger partial charge is 0.467 e. The third-order valence-corrected chi connectivity index (χ3v) is 4.42. The van der Waals surface area contributed by atoms with Crippen LogP contribution >= 0.6 is 0 Å². The van der Waals surface area contributed by atoms with Crippen molar-refractivity contribution < 1.29 is 9.52 Å². The highest BCUT2D eigenvalue weighted by Crippen LogP contribution is 2.36. The number of hydrogen-bond acceptors (Lipinski definition) is 3. The van der Waals surface area contributed by atoms with E-state index >= 15 is 0 Å². The lowest BCUT2D eigenvalue weighted by Crippen LogP contribution is -2.40. The van der Waals surface area contributed by atoms with Gasteiger partial charge < -0.3 is 15.3 Å². The molecule has 3 nitrogen and oxygen atoms in total. The van der Waals surface area contributed by atoms with Crippen LogP contribution in [0.4, 0.5) is 0 Å². The molecule has 1 fully saturated rings. The van der Waals surface area contributed by atoms with Gasteiger partial charge in [0.2, 0.25) is 0 Å². The Balaban J connectivity index is 2.02. The standard InChI is InChI=1S/C15H25NO2/c1-2-12(11-7-4-3-5-8-11)14(16)15(17)13-9-6-10-18-13/h6,9-12,14-15,17H,2-5,7-8,16H2,1H3/t12?,14-,15-/m0/s1. The van der Waals surface area contributed by atoms with Gasteiger partial charge in [0.1, 0.15) is 11.9 Å². The molecule has 1 aliphatic rings. The Morgan fingerprint density at radius 2 is 2.11 bits per heavy atom. The number of hydrogen-bond donors (Lipinski definition) is 2. The lowest BCUT2D eigenvalue weighted by atomic mass is 9.74. The molecule has 1 heterocycles. The van der Waals surface area contributed by atoms with Gasteiger partial charge in [-0.2, -0.15) is 0 Å². The van der Waals surface area contributed by atoms with E-state index in [1.165, 1.54) is 32.1 Å². The fourth-order valence-electron chi connectivity index (χ4n) is 3.37. The van der Waals surface area contributed by atoms with Crippen LogP contribution in [-0.2, 0) is 0 Å². The van der Waals surface area contributed by atoms with Crippen molar-refractivity contribution in [3.63, 3.8) is 0 Å². The van der Waals surface area contributed by atoms with Crippen LogP contribution in [0, 0.1) is 11.8 Å². The normalized spacial score (nSPS) is 22.6.